The second-order valence-corrected chi connectivity index (χ2v) is 24.6. The summed E-state index contributed by atoms with van der Waals surface area (Å²) in [6, 6.07) is 0. The van der Waals surface area contributed by atoms with E-state index in [9.17, 15) is 167 Å². The highest BCUT2D eigenvalue weighted by Crippen LogP contribution is 2.58. The molecule has 0 aromatic carbocycles. The lowest BCUT2D eigenvalue weighted by Crippen LogP contribution is -2.72. The minimum absolute atomic E-state index is 0.00374. The van der Waals surface area contributed by atoms with Crippen molar-refractivity contribution in [1.29, 1.82) is 0 Å². The topological polar surface area (TPSA) is 316 Å². The van der Waals surface area contributed by atoms with E-state index in [-0.39, 0.29) is 42.2 Å². The normalized spacial score (nSPS) is 26.5. The molecule has 0 aliphatic carbocycles. The van der Waals surface area contributed by atoms with Crippen LogP contribution >= 0.6 is 0 Å². The Morgan fingerprint density at radius 1 is 0.376 bits per heavy atom. The third-order valence-electron chi connectivity index (χ3n) is 14.7. The second-order valence-electron chi connectivity index (χ2n) is 24.6. The van der Waals surface area contributed by atoms with Crippen LogP contribution in [-0.4, -0.2) is 204 Å². The van der Waals surface area contributed by atoms with Gasteiger partial charge in [-0.1, -0.05) is 39.5 Å². The van der Waals surface area contributed by atoms with Crippen LogP contribution in [0.5, 0.6) is 0 Å². The fourth-order valence-corrected chi connectivity index (χ4v) is 8.14. The number of hydrogen-bond acceptors (Lipinski definition) is 24. The smallest absolute Gasteiger partial charge is 0.438 e. The Kier molecular flexibility index (Phi) is 29.0. The Hall–Kier alpha value is -9.67. The van der Waals surface area contributed by atoms with Crippen molar-refractivity contribution < 1.29 is 224 Å². The summed E-state index contributed by atoms with van der Waals surface area (Å²) in [4.78, 5) is 132. The predicted molar refractivity (Wildman–Crippen MR) is 301 cm³/mol. The van der Waals surface area contributed by atoms with E-state index >= 15 is 0 Å². The number of carbonyl (C=O) groups excluding carboxylic acids is 12. The first-order valence-corrected chi connectivity index (χ1v) is 28.9. The molecule has 0 aromatic heterocycles. The Bertz CT molecular complexity index is 3650. The van der Waals surface area contributed by atoms with Gasteiger partial charge >= 0.3 is 149 Å². The predicted octanol–water partition coefficient (Wildman–Crippen LogP) is 11.1. The minimum Gasteiger partial charge on any atom is -0.461 e. The van der Waals surface area contributed by atoms with E-state index in [4.69, 9.17) is 0 Å². The van der Waals surface area contributed by atoms with Gasteiger partial charge < -0.3 is 56.8 Å². The van der Waals surface area contributed by atoms with Crippen molar-refractivity contribution in [3.05, 3.63) is 72.9 Å². The first-order chi connectivity index (χ1) is 48.3. The van der Waals surface area contributed by atoms with Crippen LogP contribution in [0.3, 0.4) is 0 Å². The van der Waals surface area contributed by atoms with Gasteiger partial charge in [0.1, 0.15) is 25.4 Å². The lowest BCUT2D eigenvalue weighted by Gasteiger charge is -2.48. The highest BCUT2D eigenvalue weighted by molar-refractivity contribution is 5.92. The van der Waals surface area contributed by atoms with Crippen molar-refractivity contribution >= 4 is 71.6 Å². The molecule has 109 heavy (non-hydrogen) atoms. The second kappa shape index (κ2) is 32.5. The minimum atomic E-state index is -6.28. The van der Waals surface area contributed by atoms with Crippen LogP contribution in [0.15, 0.2) is 72.9 Å². The van der Waals surface area contributed by atoms with Crippen molar-refractivity contribution in [3.63, 3.8) is 0 Å². The average molecular weight is 1640 g/mol. The standard InChI is InChI=1S/C12H10F8O4.C12H12F6O4.C10H12F2O4.C9H7F5O4.C9H10F2O4.C8H8F2O4/c1-5(2)6(21)23-8(3)4-9(11(15,16)17,12(18,19)20)24-7(22)10(8,13)14;1-6(2)8(20)22-9(3)4-7(19)21-10(5-9,11(13,14)15)12(16,17)18;1-6(2)7(13)16-9(3)4-5-15-8(14)10(9,11)12;1-4(2)5(15)18-7(9(12,13)14)3-17-6(16)8(7,10)11;1-5(2)6(12)15-8(3)4-14-7(13)9(8,10)11;1-4(2)6(11)14-5-3-13-7(12)8(5,9)10/h1,4H2,2-3H3;1,4-5H2,2-3H3;1,4-5H2,2-3H3;1,3H2,2H3;1,4H2,2-3H3;5H,1,3H2,2H3. The van der Waals surface area contributed by atoms with Crippen LogP contribution in [0.1, 0.15) is 94.9 Å². The van der Waals surface area contributed by atoms with Crippen molar-refractivity contribution in [2.75, 3.05) is 26.4 Å². The molecule has 6 rings (SSSR count). The van der Waals surface area contributed by atoms with Crippen molar-refractivity contribution in [1.82, 2.24) is 0 Å². The maximum absolute atomic E-state index is 13.9. The third-order valence-corrected chi connectivity index (χ3v) is 14.7. The van der Waals surface area contributed by atoms with Gasteiger partial charge in [0.2, 0.25) is 11.7 Å². The maximum Gasteiger partial charge on any atom is 0.438 e. The monoisotopic (exact) mass is 1640 g/mol. The van der Waals surface area contributed by atoms with E-state index in [1.165, 1.54) is 20.8 Å². The number of hydrogen-bond donors (Lipinski definition) is 0. The van der Waals surface area contributed by atoms with Crippen molar-refractivity contribution in [3.8, 4) is 0 Å². The van der Waals surface area contributed by atoms with E-state index in [2.05, 4.69) is 96.3 Å². The molecule has 0 bridgehead atoms. The SMILES string of the molecule is C=C(C)C(=O)OC1(C(F)(F)F)COC(=O)C1(F)F.C=C(C)C(=O)OC1(C)CC(=O)OC(C(F)(F)F)(C(F)(F)F)C1.C=C(C)C(=O)OC1(C)CC(C(F)(F)F)(C(F)(F)F)OC(=O)C1(F)F.C=C(C)C(=O)OC1(C)CCOC(=O)C1(F)F.C=C(C)C(=O)OC1(C)COC(=O)C1(F)F.C=C(C)C(=O)OC1COC(=O)C1(F)F. The molecular weight excluding hydrogens is 1580 g/mol. The van der Waals surface area contributed by atoms with E-state index in [0.717, 1.165) is 41.5 Å². The quantitative estimate of drug-likeness (QED) is 0.0758. The van der Waals surface area contributed by atoms with Crippen molar-refractivity contribution in [2.45, 2.75) is 201 Å². The molecule has 6 saturated heterocycles. The largest absolute Gasteiger partial charge is 0.461 e. The lowest BCUT2D eigenvalue weighted by atomic mass is 9.79. The molecule has 6 unspecified atom stereocenters. The van der Waals surface area contributed by atoms with Gasteiger partial charge in [0.15, 0.2) is 11.2 Å². The van der Waals surface area contributed by atoms with Gasteiger partial charge in [-0.25, -0.2) is 52.7 Å². The molecule has 6 aliphatic rings. The summed E-state index contributed by atoms with van der Waals surface area (Å²) in [5, 5.41) is 0. The van der Waals surface area contributed by atoms with Gasteiger partial charge in [-0.2, -0.15) is 110 Å². The molecule has 0 saturated carbocycles. The Labute approximate surface area is 595 Å². The summed E-state index contributed by atoms with van der Waals surface area (Å²) < 4.78 is 376. The Morgan fingerprint density at radius 3 is 1.05 bits per heavy atom. The lowest BCUT2D eigenvalue weighted by molar-refractivity contribution is -0.402. The molecule has 6 atom stereocenters. The molecule has 0 spiro atoms. The summed E-state index contributed by atoms with van der Waals surface area (Å²) in [6.07, 6.45) is -37.4. The number of alkyl halides is 25. The van der Waals surface area contributed by atoms with E-state index in [1.807, 2.05) is 0 Å². The summed E-state index contributed by atoms with van der Waals surface area (Å²) in [5.41, 5.74) is -26.1. The molecule has 6 heterocycles. The molecule has 618 valence electrons. The zero-order valence-electron chi connectivity index (χ0n) is 57.2. The number of rotatable bonds is 12. The number of ether oxygens (including phenoxy) is 12. The number of esters is 12. The van der Waals surface area contributed by atoms with Crippen LogP contribution in [0.4, 0.5) is 110 Å². The number of cyclic esters (lactones) is 6. The molecule has 0 amide bonds. The van der Waals surface area contributed by atoms with Crippen LogP contribution in [0.2, 0.25) is 0 Å². The summed E-state index contributed by atoms with van der Waals surface area (Å²) in [5.74, 6) is -41.1. The van der Waals surface area contributed by atoms with E-state index in [1.54, 1.807) is 0 Å². The van der Waals surface area contributed by atoms with E-state index in [0.29, 0.717) is 0 Å². The fourth-order valence-electron chi connectivity index (χ4n) is 8.14. The zero-order valence-corrected chi connectivity index (χ0v) is 57.2. The summed E-state index contributed by atoms with van der Waals surface area (Å²) in [7, 11) is 0. The summed E-state index contributed by atoms with van der Waals surface area (Å²) >= 11 is 0. The van der Waals surface area contributed by atoms with Gasteiger partial charge in [0.25, 0.3) is 0 Å². The number of carbonyl (C=O) groups is 12. The first kappa shape index (κ1) is 97.3. The van der Waals surface area contributed by atoms with Gasteiger partial charge in [-0.15, -0.1) is 0 Å². The van der Waals surface area contributed by atoms with Gasteiger partial charge in [0.05, 0.1) is 19.4 Å². The van der Waals surface area contributed by atoms with E-state index < -0.39 is 228 Å². The molecule has 6 fully saturated rings. The van der Waals surface area contributed by atoms with Crippen LogP contribution in [-0.2, 0) is 114 Å². The zero-order chi connectivity index (χ0) is 86.6. The Morgan fingerprint density at radius 2 is 0.706 bits per heavy atom. The molecule has 0 radical (unpaired) electrons. The highest BCUT2D eigenvalue weighted by Gasteiger charge is 2.84. The molecular formula is C60H59F25O24. The molecule has 0 aromatic rings. The number of halogens is 25. The molecule has 49 heteroatoms. The maximum atomic E-state index is 13.9. The Balaban J connectivity index is 0.000000661. The van der Waals surface area contributed by atoms with Crippen LogP contribution in [0.25, 0.3) is 0 Å². The summed E-state index contributed by atoms with van der Waals surface area (Å²) in [6.45, 7) is 25.5. The van der Waals surface area contributed by atoms with Crippen LogP contribution in [0, 0.1) is 0 Å². The molecule has 24 nitrogen and oxygen atoms in total. The fraction of sp³-hybridized carbons (Fsp3) is 0.600. The first-order valence-electron chi connectivity index (χ1n) is 28.9. The highest BCUT2D eigenvalue weighted by atomic mass is 19.4. The van der Waals surface area contributed by atoms with Crippen LogP contribution < -0.4 is 0 Å². The molecule has 6 aliphatic heterocycles. The molecule has 0 N–H and O–H groups in total. The van der Waals surface area contributed by atoms with Gasteiger partial charge in [-0.05, 0) is 69.2 Å². The van der Waals surface area contributed by atoms with Gasteiger partial charge in [-0.3, -0.25) is 4.79 Å². The van der Waals surface area contributed by atoms with Crippen molar-refractivity contribution in [2.24, 2.45) is 0 Å². The third kappa shape index (κ3) is 20.4. The average Bonchev–Trinajstić information content (AvgIpc) is 1.51. The van der Waals surface area contributed by atoms with Gasteiger partial charge in [0, 0.05) is 46.3 Å².